The number of benzene rings is 3. The zero-order valence-corrected chi connectivity index (χ0v) is 20.2. The third-order valence-corrected chi connectivity index (χ3v) is 6.94. The number of aromatic nitrogens is 4. The van der Waals surface area contributed by atoms with Gasteiger partial charge in [0.15, 0.2) is 5.69 Å². The largest absolute Gasteiger partial charge is 0.284 e. The molecule has 12 heteroatoms. The summed E-state index contributed by atoms with van der Waals surface area (Å²) in [5.41, 5.74) is -1.10. The van der Waals surface area contributed by atoms with Crippen molar-refractivity contribution in [2.24, 2.45) is 0 Å². The topological polar surface area (TPSA) is 81.8 Å². The number of rotatable bonds is 8. The van der Waals surface area contributed by atoms with Crippen molar-refractivity contribution in [3.63, 3.8) is 0 Å². The smallest absolute Gasteiger partial charge is 0.228 e. The highest BCUT2D eigenvalue weighted by Crippen LogP contribution is 2.38. The minimum Gasteiger partial charge on any atom is -0.228 e. The van der Waals surface area contributed by atoms with Crippen LogP contribution in [0.2, 0.25) is 0 Å². The summed E-state index contributed by atoms with van der Waals surface area (Å²) in [7, 11) is -4.27. The maximum Gasteiger partial charge on any atom is 0.284 e. The second kappa shape index (κ2) is 10.1. The van der Waals surface area contributed by atoms with Gasteiger partial charge < -0.3 is 0 Å². The lowest BCUT2D eigenvalue weighted by atomic mass is 10.1. The molecule has 0 atom stereocenters. The molecule has 7 nitrogen and oxygen atoms in total. The van der Waals surface area contributed by atoms with E-state index in [0.29, 0.717) is 15.9 Å². The maximum absolute atomic E-state index is 14.4. The average molecular weight is 542 g/mol. The zero-order valence-electron chi connectivity index (χ0n) is 19.4. The molecule has 0 radical (unpaired) electrons. The van der Waals surface area contributed by atoms with Crippen LogP contribution < -0.4 is 4.83 Å². The van der Waals surface area contributed by atoms with Crippen molar-refractivity contribution in [3.05, 3.63) is 108 Å². The van der Waals surface area contributed by atoms with Crippen molar-refractivity contribution in [1.82, 2.24) is 19.7 Å². The molecule has 5 aromatic rings. The van der Waals surface area contributed by atoms with Gasteiger partial charge in [0.05, 0.1) is 10.6 Å². The second-order valence-corrected chi connectivity index (χ2v) is 9.76. The van der Waals surface area contributed by atoms with Crippen LogP contribution in [0.25, 0.3) is 28.2 Å². The molecule has 0 saturated heterocycles. The first-order chi connectivity index (χ1) is 18.3. The van der Waals surface area contributed by atoms with E-state index in [9.17, 15) is 26.0 Å². The molecule has 5 rings (SSSR count). The molecule has 0 amide bonds. The lowest BCUT2D eigenvalue weighted by Crippen LogP contribution is -2.25. The van der Waals surface area contributed by atoms with Gasteiger partial charge in [0, 0.05) is 11.1 Å². The number of hydrogen-bond acceptors (Lipinski definition) is 4. The molecule has 0 aliphatic heterocycles. The Morgan fingerprint density at radius 3 is 1.82 bits per heavy atom. The third-order valence-electron chi connectivity index (χ3n) is 5.63. The summed E-state index contributed by atoms with van der Waals surface area (Å²) in [5, 5.41) is 7.85. The summed E-state index contributed by atoms with van der Waals surface area (Å²) in [5.74, 6) is 0. The van der Waals surface area contributed by atoms with E-state index in [-0.39, 0.29) is 22.0 Å². The summed E-state index contributed by atoms with van der Waals surface area (Å²) in [6.45, 7) is 0. The standard InChI is InChI=1S/C26H19F4N5O2S/c27-25(28)20-16-21(17-10-4-1-5-11-17)34(31-20)24-22(26(29)30)32-35(23(24)18-12-6-2-7-13-18)33-38(36,37)19-14-8-3-9-15-19/h1-16,25-26,33H. The van der Waals surface area contributed by atoms with Crippen molar-refractivity contribution >= 4 is 10.0 Å². The number of sulfonamides is 1. The maximum atomic E-state index is 14.4. The normalized spacial score (nSPS) is 11.8. The first-order valence-electron chi connectivity index (χ1n) is 11.2. The molecular formula is C26H19F4N5O2S. The number of nitrogens with one attached hydrogen (secondary N) is 1. The molecule has 194 valence electrons. The Labute approximate surface area is 215 Å². The van der Waals surface area contributed by atoms with Gasteiger partial charge in [-0.1, -0.05) is 78.9 Å². The van der Waals surface area contributed by atoms with E-state index in [1.807, 2.05) is 0 Å². The Bertz CT molecular complexity index is 1660. The van der Waals surface area contributed by atoms with E-state index in [1.54, 1.807) is 66.7 Å². The Morgan fingerprint density at radius 2 is 1.26 bits per heavy atom. The lowest BCUT2D eigenvalue weighted by Gasteiger charge is -2.14. The molecule has 0 bridgehead atoms. The summed E-state index contributed by atoms with van der Waals surface area (Å²) in [6, 6.07) is 24.7. The molecule has 0 aliphatic rings. The minimum atomic E-state index is -4.27. The number of alkyl halides is 4. The minimum absolute atomic E-state index is 0.102. The van der Waals surface area contributed by atoms with Gasteiger partial charge in [0.2, 0.25) is 0 Å². The fourth-order valence-electron chi connectivity index (χ4n) is 3.96. The fraction of sp³-hybridized carbons (Fsp3) is 0.0769. The predicted molar refractivity (Wildman–Crippen MR) is 133 cm³/mol. The van der Waals surface area contributed by atoms with Gasteiger partial charge in [0.1, 0.15) is 17.1 Å². The molecule has 0 fully saturated rings. The van der Waals surface area contributed by atoms with Crippen LogP contribution in [0.4, 0.5) is 17.6 Å². The van der Waals surface area contributed by atoms with E-state index in [0.717, 1.165) is 10.7 Å². The van der Waals surface area contributed by atoms with E-state index < -0.39 is 34.3 Å². The molecule has 3 aromatic carbocycles. The van der Waals surface area contributed by atoms with Gasteiger partial charge in [-0.25, -0.2) is 22.2 Å². The molecule has 2 heterocycles. The Hall–Kier alpha value is -4.45. The summed E-state index contributed by atoms with van der Waals surface area (Å²) < 4.78 is 83.6. The van der Waals surface area contributed by atoms with Crippen LogP contribution in [0, 0.1) is 0 Å². The molecule has 0 spiro atoms. The fourth-order valence-corrected chi connectivity index (χ4v) is 4.94. The third kappa shape index (κ3) is 4.77. The van der Waals surface area contributed by atoms with Crippen LogP contribution in [0.5, 0.6) is 0 Å². The highest BCUT2D eigenvalue weighted by Gasteiger charge is 2.31. The van der Waals surface area contributed by atoms with E-state index in [4.69, 9.17) is 0 Å². The molecule has 2 aromatic heterocycles. The lowest BCUT2D eigenvalue weighted by molar-refractivity contribution is 0.144. The first-order valence-corrected chi connectivity index (χ1v) is 12.7. The van der Waals surface area contributed by atoms with Gasteiger partial charge in [-0.2, -0.15) is 23.1 Å². The van der Waals surface area contributed by atoms with Gasteiger partial charge in [-0.3, -0.25) is 0 Å². The molecule has 0 unspecified atom stereocenters. The quantitative estimate of drug-likeness (QED) is 0.237. The van der Waals surface area contributed by atoms with Crippen LogP contribution in [-0.4, -0.2) is 28.1 Å². The number of hydrogen-bond donors (Lipinski definition) is 1. The number of halogens is 4. The summed E-state index contributed by atoms with van der Waals surface area (Å²) in [6.07, 6.45) is -6.18. The average Bonchev–Trinajstić information content (AvgIpc) is 3.52. The van der Waals surface area contributed by atoms with E-state index >= 15 is 0 Å². The van der Waals surface area contributed by atoms with Crippen molar-refractivity contribution in [3.8, 4) is 28.2 Å². The monoisotopic (exact) mass is 541 g/mol. The highest BCUT2D eigenvalue weighted by atomic mass is 32.2. The van der Waals surface area contributed by atoms with Gasteiger partial charge in [0.25, 0.3) is 22.9 Å². The van der Waals surface area contributed by atoms with Crippen LogP contribution in [0.15, 0.2) is 102 Å². The van der Waals surface area contributed by atoms with Crippen LogP contribution in [-0.2, 0) is 10.0 Å². The van der Waals surface area contributed by atoms with Gasteiger partial charge in [-0.05, 0) is 18.2 Å². The molecule has 0 saturated carbocycles. The molecule has 38 heavy (non-hydrogen) atoms. The number of nitrogens with zero attached hydrogens (tertiary/aromatic N) is 4. The van der Waals surface area contributed by atoms with E-state index in [2.05, 4.69) is 15.0 Å². The molecular weight excluding hydrogens is 522 g/mol. The molecule has 1 N–H and O–H groups in total. The van der Waals surface area contributed by atoms with Crippen LogP contribution in [0.3, 0.4) is 0 Å². The second-order valence-electron chi connectivity index (χ2n) is 8.10. The zero-order chi connectivity index (χ0) is 26.9. The Kier molecular flexibility index (Phi) is 6.72. The van der Waals surface area contributed by atoms with Crippen molar-refractivity contribution in [2.45, 2.75) is 17.7 Å². The van der Waals surface area contributed by atoms with Crippen LogP contribution in [0.1, 0.15) is 24.2 Å². The van der Waals surface area contributed by atoms with Crippen molar-refractivity contribution < 1.29 is 26.0 Å². The predicted octanol–water partition coefficient (Wildman–Crippen LogP) is 6.21. The van der Waals surface area contributed by atoms with Crippen LogP contribution >= 0.6 is 0 Å². The molecule has 0 aliphatic carbocycles. The Balaban J connectivity index is 1.81. The summed E-state index contributed by atoms with van der Waals surface area (Å²) >= 11 is 0. The van der Waals surface area contributed by atoms with Gasteiger partial charge in [-0.15, -0.1) is 5.10 Å². The SMILES string of the molecule is O=S(=O)(Nn1nc(C(F)F)c(-n2nc(C(F)F)cc2-c2ccccc2)c1-c1ccccc1)c1ccccc1. The van der Waals surface area contributed by atoms with Crippen molar-refractivity contribution in [1.29, 1.82) is 0 Å². The Morgan fingerprint density at radius 1 is 0.711 bits per heavy atom. The van der Waals surface area contributed by atoms with Crippen molar-refractivity contribution in [2.75, 3.05) is 4.83 Å². The van der Waals surface area contributed by atoms with Gasteiger partial charge >= 0.3 is 0 Å². The summed E-state index contributed by atoms with van der Waals surface area (Å²) in [4.78, 5) is 2.82. The first kappa shape index (κ1) is 25.2. The van der Waals surface area contributed by atoms with E-state index in [1.165, 1.54) is 24.3 Å². The highest BCUT2D eigenvalue weighted by molar-refractivity contribution is 7.92.